The van der Waals surface area contributed by atoms with E-state index in [9.17, 15) is 13.2 Å². The van der Waals surface area contributed by atoms with E-state index < -0.39 is 16.1 Å². The lowest BCUT2D eigenvalue weighted by Gasteiger charge is -2.29. The second kappa shape index (κ2) is 10.8. The molecule has 1 amide bonds. The van der Waals surface area contributed by atoms with Gasteiger partial charge in [-0.1, -0.05) is 44.5 Å². The molecule has 0 bridgehead atoms. The Morgan fingerprint density at radius 2 is 1.91 bits per heavy atom. The summed E-state index contributed by atoms with van der Waals surface area (Å²) in [5.41, 5.74) is 1.59. The normalized spacial score (nSPS) is 20.6. The van der Waals surface area contributed by atoms with E-state index in [0.29, 0.717) is 12.1 Å². The van der Waals surface area contributed by atoms with E-state index in [1.165, 1.54) is 0 Å². The Balaban J connectivity index is 1.57. The average Bonchev–Trinajstić information content (AvgIpc) is 3.49. The Kier molecular flexibility index (Phi) is 7.76. The third-order valence-corrected chi connectivity index (χ3v) is 8.31. The van der Waals surface area contributed by atoms with E-state index in [0.717, 1.165) is 43.7 Å². The summed E-state index contributed by atoms with van der Waals surface area (Å²) in [5.74, 6) is 0.739. The number of nitrogens with one attached hydrogen (secondary N) is 2. The van der Waals surface area contributed by atoms with Crippen LogP contribution in [0.3, 0.4) is 0 Å². The summed E-state index contributed by atoms with van der Waals surface area (Å²) in [6.07, 6.45) is 3.00. The van der Waals surface area contributed by atoms with Crippen LogP contribution in [0.15, 0.2) is 58.4 Å². The summed E-state index contributed by atoms with van der Waals surface area (Å²) in [7, 11) is -2.02. The van der Waals surface area contributed by atoms with Crippen molar-refractivity contribution < 1.29 is 17.9 Å². The van der Waals surface area contributed by atoms with Crippen molar-refractivity contribution in [2.45, 2.75) is 50.1 Å². The summed E-state index contributed by atoms with van der Waals surface area (Å²) in [6.45, 7) is 6.36. The van der Waals surface area contributed by atoms with Gasteiger partial charge in [-0.3, -0.25) is 19.4 Å². The zero-order chi connectivity index (χ0) is 25.0. The molecule has 2 aromatic carbocycles. The topological polar surface area (TPSA) is 100 Å². The molecule has 1 saturated heterocycles. The maximum Gasteiger partial charge on any atom is 0.263 e. The predicted octanol–water partition coefficient (Wildman–Crippen LogP) is 3.10. The lowest BCUT2D eigenvalue weighted by Crippen LogP contribution is -2.43. The first-order chi connectivity index (χ1) is 16.8. The van der Waals surface area contributed by atoms with Gasteiger partial charge >= 0.3 is 0 Å². The molecule has 0 spiro atoms. The highest BCUT2D eigenvalue weighted by Crippen LogP contribution is 2.28. The number of hydrogen-bond acceptors (Lipinski definition) is 6. The monoisotopic (exact) mass is 498 g/mol. The second-order valence-corrected chi connectivity index (χ2v) is 10.8. The Morgan fingerprint density at radius 1 is 1.17 bits per heavy atom. The number of fused-ring (bicyclic) bond motifs is 1. The van der Waals surface area contributed by atoms with Crippen LogP contribution in [-0.2, 0) is 14.8 Å². The highest BCUT2D eigenvalue weighted by atomic mass is 32.2. The van der Waals surface area contributed by atoms with Gasteiger partial charge in [0.1, 0.15) is 17.6 Å². The number of carbonyl (C=O) groups is 1. The predicted molar refractivity (Wildman–Crippen MR) is 136 cm³/mol. The Bertz CT molecular complexity index is 1190. The van der Waals surface area contributed by atoms with Crippen LogP contribution in [0.4, 0.5) is 0 Å². The lowest BCUT2D eigenvalue weighted by atomic mass is 9.98. The van der Waals surface area contributed by atoms with Gasteiger partial charge in [0.05, 0.1) is 18.0 Å². The van der Waals surface area contributed by atoms with Crippen molar-refractivity contribution >= 4 is 21.8 Å². The number of hydrogen-bond donors (Lipinski definition) is 2. The molecule has 188 valence electrons. The summed E-state index contributed by atoms with van der Waals surface area (Å²) >= 11 is 0. The smallest absolute Gasteiger partial charge is 0.263 e. The van der Waals surface area contributed by atoms with Crippen molar-refractivity contribution in [1.29, 1.82) is 0 Å². The molecule has 0 radical (unpaired) electrons. The van der Waals surface area contributed by atoms with Crippen LogP contribution >= 0.6 is 0 Å². The van der Waals surface area contributed by atoms with E-state index in [4.69, 9.17) is 4.74 Å². The summed E-state index contributed by atoms with van der Waals surface area (Å²) in [6, 6.07) is 14.0. The zero-order valence-corrected chi connectivity index (χ0v) is 21.3. The van der Waals surface area contributed by atoms with Gasteiger partial charge in [0.25, 0.3) is 10.0 Å². The highest BCUT2D eigenvalue weighted by Gasteiger charge is 2.33. The summed E-state index contributed by atoms with van der Waals surface area (Å²) < 4.78 is 33.0. The first kappa shape index (κ1) is 25.2. The number of sulfonamides is 1. The van der Waals surface area contributed by atoms with Crippen LogP contribution < -0.4 is 14.8 Å². The maximum absolute atomic E-state index is 13.4. The van der Waals surface area contributed by atoms with Crippen molar-refractivity contribution in [2.75, 3.05) is 26.7 Å². The minimum atomic E-state index is -3.67. The first-order valence-electron chi connectivity index (χ1n) is 12.2. The van der Waals surface area contributed by atoms with Crippen molar-refractivity contribution in [3.63, 3.8) is 0 Å². The van der Waals surface area contributed by atoms with Crippen LogP contribution in [0, 0.1) is 5.92 Å². The van der Waals surface area contributed by atoms with Crippen molar-refractivity contribution in [1.82, 2.24) is 14.9 Å². The number of rotatable bonds is 9. The molecule has 2 aliphatic rings. The molecule has 4 rings (SSSR count). The number of carbonyl (C=O) groups excluding carboxylic acids is 1. The van der Waals surface area contributed by atoms with Crippen LogP contribution in [0.2, 0.25) is 0 Å². The largest absolute Gasteiger partial charge is 0.497 e. The van der Waals surface area contributed by atoms with Crippen molar-refractivity contribution in [2.24, 2.45) is 10.9 Å². The van der Waals surface area contributed by atoms with Crippen molar-refractivity contribution in [3.05, 3.63) is 59.7 Å². The number of ether oxygens (including phenoxy) is 1. The summed E-state index contributed by atoms with van der Waals surface area (Å²) in [5, 5.41) is 3.12. The van der Waals surface area contributed by atoms with Gasteiger partial charge < -0.3 is 10.1 Å². The molecule has 0 aliphatic carbocycles. The third-order valence-electron chi connectivity index (χ3n) is 6.91. The second-order valence-electron chi connectivity index (χ2n) is 9.19. The number of benzene rings is 2. The molecule has 2 aromatic rings. The quantitative estimate of drug-likeness (QED) is 0.553. The molecule has 8 nitrogen and oxygen atoms in total. The first-order valence-corrected chi connectivity index (χ1v) is 13.7. The molecule has 0 aromatic heterocycles. The maximum atomic E-state index is 13.4. The van der Waals surface area contributed by atoms with E-state index in [2.05, 4.69) is 26.0 Å². The molecule has 1 unspecified atom stereocenters. The zero-order valence-electron chi connectivity index (χ0n) is 20.5. The standard InChI is InChI=1S/C26H34N4O4S/c1-4-18(2)24(28-25-21-12-5-6-13-23(21)35(32,33)29-25)26(31)27-17-22(30-14-7-8-15-30)19-10-9-11-20(16-19)34-3/h5-6,9-13,16,18,22,24H,4,7-8,14-15,17H2,1-3H3,(H,27,31)(H,28,29)/t18-,22?,24-/m0/s1. The SMILES string of the molecule is CC[C@H](C)[C@H](N=C1NS(=O)(=O)c2ccccc21)C(=O)NCC(c1cccc(OC)c1)N1CCCC1. The Hall–Kier alpha value is -2.91. The molecular formula is C26H34N4O4S. The molecule has 9 heteroatoms. The molecule has 35 heavy (non-hydrogen) atoms. The van der Waals surface area contributed by atoms with Gasteiger partial charge in [-0.15, -0.1) is 0 Å². The number of methoxy groups -OCH3 is 1. The molecule has 0 saturated carbocycles. The number of aliphatic imine (C=N–C) groups is 1. The molecule has 1 fully saturated rings. The van der Waals surface area contributed by atoms with E-state index in [1.807, 2.05) is 32.0 Å². The fourth-order valence-electron chi connectivity index (χ4n) is 4.70. The molecular weight excluding hydrogens is 464 g/mol. The fourth-order valence-corrected chi connectivity index (χ4v) is 5.94. The van der Waals surface area contributed by atoms with Crippen molar-refractivity contribution in [3.8, 4) is 5.75 Å². The van der Waals surface area contributed by atoms with Crippen LogP contribution in [-0.4, -0.2) is 57.8 Å². The van der Waals surface area contributed by atoms with E-state index in [-0.39, 0.29) is 28.6 Å². The number of likely N-dealkylation sites (tertiary alicyclic amines) is 1. The minimum Gasteiger partial charge on any atom is -0.497 e. The van der Waals surface area contributed by atoms with E-state index in [1.54, 1.807) is 31.4 Å². The number of nitrogens with zero attached hydrogens (tertiary/aromatic N) is 2. The van der Waals surface area contributed by atoms with Gasteiger partial charge in [0.15, 0.2) is 0 Å². The van der Waals surface area contributed by atoms with E-state index >= 15 is 0 Å². The average molecular weight is 499 g/mol. The van der Waals surface area contributed by atoms with Gasteiger partial charge in [-0.2, -0.15) is 0 Å². The Labute approximate surface area is 207 Å². The van der Waals surface area contributed by atoms with Crippen LogP contribution in [0.1, 0.15) is 50.3 Å². The van der Waals surface area contributed by atoms with Gasteiger partial charge in [0.2, 0.25) is 5.91 Å². The number of amidine groups is 1. The fraction of sp³-hybridized carbons (Fsp3) is 0.462. The van der Waals surface area contributed by atoms with Crippen LogP contribution in [0.5, 0.6) is 5.75 Å². The van der Waals surface area contributed by atoms with Gasteiger partial charge in [0, 0.05) is 12.1 Å². The highest BCUT2D eigenvalue weighted by molar-refractivity contribution is 7.90. The minimum absolute atomic E-state index is 0.0208. The summed E-state index contributed by atoms with van der Waals surface area (Å²) in [4.78, 5) is 20.7. The molecule has 2 aliphatic heterocycles. The molecule has 2 N–H and O–H groups in total. The number of amides is 1. The molecule has 3 atom stereocenters. The van der Waals surface area contributed by atoms with Gasteiger partial charge in [-0.25, -0.2) is 8.42 Å². The Morgan fingerprint density at radius 3 is 2.63 bits per heavy atom. The lowest BCUT2D eigenvalue weighted by molar-refractivity contribution is -0.123. The third kappa shape index (κ3) is 5.51. The van der Waals surface area contributed by atoms with Crippen LogP contribution in [0.25, 0.3) is 0 Å². The molecule has 2 heterocycles. The van der Waals surface area contributed by atoms with Gasteiger partial charge in [-0.05, 0) is 61.7 Å².